The zero-order valence-electron chi connectivity index (χ0n) is 18.2. The fourth-order valence-corrected chi connectivity index (χ4v) is 5.57. The lowest BCUT2D eigenvalue weighted by Gasteiger charge is -2.46. The third-order valence-electron chi connectivity index (χ3n) is 7.20. The highest BCUT2D eigenvalue weighted by Crippen LogP contribution is 2.53. The second kappa shape index (κ2) is 7.26. The van der Waals surface area contributed by atoms with Crippen molar-refractivity contribution in [3.63, 3.8) is 0 Å². The van der Waals surface area contributed by atoms with Gasteiger partial charge in [-0.05, 0) is 55.0 Å². The van der Waals surface area contributed by atoms with Crippen LogP contribution in [0.15, 0.2) is 47.4 Å². The van der Waals surface area contributed by atoms with Crippen LogP contribution >= 0.6 is 0 Å². The molecule has 1 saturated carbocycles. The van der Waals surface area contributed by atoms with Gasteiger partial charge in [-0.1, -0.05) is 6.07 Å². The van der Waals surface area contributed by atoms with Gasteiger partial charge in [0.2, 0.25) is 5.78 Å². The fourth-order valence-electron chi connectivity index (χ4n) is 5.57. The van der Waals surface area contributed by atoms with Crippen molar-refractivity contribution in [2.75, 3.05) is 0 Å². The van der Waals surface area contributed by atoms with Crippen LogP contribution in [-0.2, 0) is 20.8 Å². The molecule has 6 N–H and O–H groups in total. The first-order valence-corrected chi connectivity index (χ1v) is 10.8. The number of nitrogens with zero attached hydrogens (tertiary/aromatic N) is 1. The number of hydrogen-bond donors (Lipinski definition) is 5. The van der Waals surface area contributed by atoms with Crippen LogP contribution in [0.25, 0.3) is 17.0 Å². The Hall–Kier alpha value is -3.98. The van der Waals surface area contributed by atoms with Crippen LogP contribution in [0.5, 0.6) is 5.75 Å². The van der Waals surface area contributed by atoms with Crippen molar-refractivity contribution >= 4 is 23.2 Å². The maximum absolute atomic E-state index is 13.6. The molecule has 1 amide bonds. The summed E-state index contributed by atoms with van der Waals surface area (Å²) in [7, 11) is 0. The molecule has 1 aromatic carbocycles. The second-order valence-corrected chi connectivity index (χ2v) is 9.06. The Morgan fingerprint density at radius 1 is 1.18 bits per heavy atom. The summed E-state index contributed by atoms with van der Waals surface area (Å²) < 4.78 is 0. The van der Waals surface area contributed by atoms with E-state index in [1.165, 1.54) is 0 Å². The minimum Gasteiger partial charge on any atom is -0.508 e. The van der Waals surface area contributed by atoms with E-state index in [9.17, 15) is 34.8 Å². The Bertz CT molecular complexity index is 1360. The first kappa shape index (κ1) is 21.8. The molecule has 0 bridgehead atoms. The van der Waals surface area contributed by atoms with E-state index in [0.29, 0.717) is 22.4 Å². The topological polar surface area (TPSA) is 171 Å². The number of nitrogens with two attached hydrogens (primary N) is 1. The Kier molecular flexibility index (Phi) is 4.66. The molecule has 174 valence electrons. The van der Waals surface area contributed by atoms with Gasteiger partial charge in [0.1, 0.15) is 22.8 Å². The Morgan fingerprint density at radius 3 is 2.56 bits per heavy atom. The molecule has 34 heavy (non-hydrogen) atoms. The summed E-state index contributed by atoms with van der Waals surface area (Å²) in [5.41, 5.74) is 4.07. The highest BCUT2D eigenvalue weighted by Gasteiger charge is 2.60. The summed E-state index contributed by atoms with van der Waals surface area (Å²) in [5, 5.41) is 44.0. The van der Waals surface area contributed by atoms with E-state index in [1.54, 1.807) is 31.3 Å². The van der Waals surface area contributed by atoms with Crippen molar-refractivity contribution in [2.24, 2.45) is 17.6 Å². The maximum Gasteiger partial charge on any atom is 0.255 e. The number of carbonyl (C=O) groups excluding carboxylic acids is 3. The molecule has 1 aromatic heterocycles. The van der Waals surface area contributed by atoms with Gasteiger partial charge >= 0.3 is 0 Å². The summed E-state index contributed by atoms with van der Waals surface area (Å²) in [5.74, 6) is -6.41. The molecule has 0 saturated heterocycles. The van der Waals surface area contributed by atoms with Crippen LogP contribution in [-0.4, -0.2) is 48.5 Å². The number of primary amides is 1. The van der Waals surface area contributed by atoms with Crippen LogP contribution in [0.2, 0.25) is 0 Å². The first-order valence-electron chi connectivity index (χ1n) is 10.8. The molecule has 1 fully saturated rings. The molecule has 3 atom stereocenters. The zero-order valence-corrected chi connectivity index (χ0v) is 18.2. The molecule has 5 rings (SSSR count). The van der Waals surface area contributed by atoms with Gasteiger partial charge in [0, 0.05) is 29.7 Å². The molecular weight excluding hydrogens is 440 g/mol. The van der Waals surface area contributed by atoms with E-state index in [-0.39, 0.29) is 36.1 Å². The van der Waals surface area contributed by atoms with Gasteiger partial charge < -0.3 is 26.2 Å². The number of fused-ring (bicyclic) bond motifs is 3. The number of phenolic OH excluding ortho intramolecular Hbond substituents is 1. The van der Waals surface area contributed by atoms with Gasteiger partial charge in [0.05, 0.1) is 11.3 Å². The van der Waals surface area contributed by atoms with E-state index in [4.69, 9.17) is 5.73 Å². The molecule has 9 nitrogen and oxygen atoms in total. The fraction of sp³-hybridized carbons (Fsp3) is 0.280. The van der Waals surface area contributed by atoms with Gasteiger partial charge in [-0.3, -0.25) is 19.4 Å². The number of aliphatic hydroxyl groups is 3. The zero-order chi connectivity index (χ0) is 24.5. The van der Waals surface area contributed by atoms with E-state index >= 15 is 0 Å². The number of Topliss-reactive ketones (excluding diaryl/α,β-unsaturated/α-hetero) is 2. The largest absolute Gasteiger partial charge is 0.508 e. The minimum atomic E-state index is -2.57. The molecule has 0 spiro atoms. The first-order chi connectivity index (χ1) is 16.1. The lowest BCUT2D eigenvalue weighted by atomic mass is 9.59. The normalized spacial score (nSPS) is 26.2. The van der Waals surface area contributed by atoms with Gasteiger partial charge in [-0.15, -0.1) is 0 Å². The van der Waals surface area contributed by atoms with Crippen LogP contribution in [0.4, 0.5) is 0 Å². The average Bonchev–Trinajstić information content (AvgIpc) is 2.79. The molecule has 3 aliphatic carbocycles. The summed E-state index contributed by atoms with van der Waals surface area (Å²) in [6.07, 6.45) is 1.58. The lowest BCUT2D eigenvalue weighted by molar-refractivity contribution is -0.147. The third kappa shape index (κ3) is 2.76. The smallest absolute Gasteiger partial charge is 0.255 e. The molecule has 1 heterocycles. The highest BCUT2D eigenvalue weighted by molar-refractivity contribution is 6.22. The number of carbonyl (C=O) groups is 3. The van der Waals surface area contributed by atoms with E-state index < -0.39 is 52.0 Å². The molecule has 2 aromatic rings. The minimum absolute atomic E-state index is 0.0628. The van der Waals surface area contributed by atoms with Crippen molar-refractivity contribution in [3.8, 4) is 17.0 Å². The number of rotatable bonds is 2. The van der Waals surface area contributed by atoms with E-state index in [0.717, 1.165) is 0 Å². The summed E-state index contributed by atoms with van der Waals surface area (Å²) in [4.78, 5) is 42.1. The number of ketones is 2. The number of benzene rings is 1. The molecular formula is C25H22N2O7. The lowest BCUT2D eigenvalue weighted by Crippen LogP contribution is -2.58. The Labute approximate surface area is 193 Å². The third-order valence-corrected chi connectivity index (χ3v) is 7.20. The molecule has 0 aliphatic heterocycles. The molecule has 3 aliphatic rings. The average molecular weight is 462 g/mol. The number of pyridine rings is 1. The Morgan fingerprint density at radius 2 is 1.91 bits per heavy atom. The van der Waals surface area contributed by atoms with Crippen molar-refractivity contribution < 1.29 is 34.8 Å². The van der Waals surface area contributed by atoms with Gasteiger partial charge in [-0.2, -0.15) is 0 Å². The molecule has 9 heteroatoms. The highest BCUT2D eigenvalue weighted by atomic mass is 16.3. The van der Waals surface area contributed by atoms with Crippen molar-refractivity contribution in [1.82, 2.24) is 4.98 Å². The number of aromatic hydroxyl groups is 1. The van der Waals surface area contributed by atoms with Gasteiger partial charge in [0.15, 0.2) is 11.4 Å². The predicted molar refractivity (Wildman–Crippen MR) is 119 cm³/mol. The van der Waals surface area contributed by atoms with Crippen molar-refractivity contribution in [1.29, 1.82) is 0 Å². The van der Waals surface area contributed by atoms with Crippen molar-refractivity contribution in [3.05, 3.63) is 64.1 Å². The predicted octanol–water partition coefficient (Wildman–Crippen LogP) is 1.79. The van der Waals surface area contributed by atoms with Crippen LogP contribution in [0, 0.1) is 18.8 Å². The number of hydrogen-bond acceptors (Lipinski definition) is 8. The molecule has 0 radical (unpaired) electrons. The number of aliphatic hydroxyl groups excluding tert-OH is 2. The maximum atomic E-state index is 13.6. The number of aromatic nitrogens is 1. The van der Waals surface area contributed by atoms with E-state index in [1.807, 2.05) is 6.07 Å². The number of phenols is 1. The van der Waals surface area contributed by atoms with Crippen molar-refractivity contribution in [2.45, 2.75) is 31.8 Å². The SMILES string of the molecule is Cc1cc(-c2ccccn2)c2c(c1O)C(O)=C1C(=O)[C@]3(O)C(O)=C(C(N)=O)C(=O)C[C@@H]3C[C@@H]1C2. The van der Waals surface area contributed by atoms with Gasteiger partial charge in [0.25, 0.3) is 5.91 Å². The number of aryl methyl sites for hydroxylation is 1. The number of amides is 1. The van der Waals surface area contributed by atoms with Crippen LogP contribution in [0.1, 0.15) is 29.5 Å². The van der Waals surface area contributed by atoms with Crippen LogP contribution < -0.4 is 5.73 Å². The standard InChI is InChI=1S/C25H22N2O7/c1-10-6-13(15-4-2-3-5-27-15)14-8-11-7-12-9-16(28)19(24(26)33)23(32)25(12,34)22(31)17(11)21(30)18(14)20(10)29/h2-6,11-12,29-30,32,34H,7-9H2,1H3,(H2,26,33)/t11-,12+,25+/m1/s1. The molecule has 0 unspecified atom stereocenters. The second-order valence-electron chi connectivity index (χ2n) is 9.06. The van der Waals surface area contributed by atoms with Crippen LogP contribution in [0.3, 0.4) is 0 Å². The Balaban J connectivity index is 1.74. The van der Waals surface area contributed by atoms with Gasteiger partial charge in [-0.25, -0.2) is 0 Å². The monoisotopic (exact) mass is 462 g/mol. The summed E-state index contributed by atoms with van der Waals surface area (Å²) in [6.45, 7) is 1.65. The quantitative estimate of drug-likeness (QED) is 0.420. The van der Waals surface area contributed by atoms with E-state index in [2.05, 4.69) is 4.98 Å². The summed E-state index contributed by atoms with van der Waals surface area (Å²) in [6, 6.07) is 7.12. The summed E-state index contributed by atoms with van der Waals surface area (Å²) >= 11 is 0.